The van der Waals surface area contributed by atoms with Gasteiger partial charge in [0.15, 0.2) is 0 Å². The molecule has 2 heterocycles. The van der Waals surface area contributed by atoms with Crippen molar-refractivity contribution in [3.05, 3.63) is 66.0 Å². The van der Waals surface area contributed by atoms with Gasteiger partial charge in [-0.3, -0.25) is 0 Å². The van der Waals surface area contributed by atoms with Crippen molar-refractivity contribution in [1.82, 2.24) is 9.88 Å². The Hall–Kier alpha value is -2.33. The summed E-state index contributed by atoms with van der Waals surface area (Å²) in [5, 5.41) is 2.18. The van der Waals surface area contributed by atoms with Crippen molar-refractivity contribution in [2.75, 3.05) is 13.1 Å². The van der Waals surface area contributed by atoms with Crippen LogP contribution in [0.25, 0.3) is 21.9 Å². The molecule has 1 aromatic heterocycles. The first-order chi connectivity index (χ1) is 12.6. The number of pyridine rings is 1. The molecule has 4 heteroatoms. The number of hydrogen-bond acceptors (Lipinski definition) is 2. The lowest BCUT2D eigenvalue weighted by molar-refractivity contribution is 0.272. The maximum Gasteiger partial charge on any atom is 0.223 e. The van der Waals surface area contributed by atoms with Gasteiger partial charge in [-0.1, -0.05) is 30.3 Å². The van der Waals surface area contributed by atoms with Crippen molar-refractivity contribution in [2.45, 2.75) is 32.2 Å². The van der Waals surface area contributed by atoms with E-state index >= 15 is 0 Å². The fraction of sp³-hybridized carbons (Fsp3) is 0.318. The molecule has 0 aliphatic carbocycles. The van der Waals surface area contributed by atoms with Crippen LogP contribution in [0.4, 0.5) is 8.78 Å². The van der Waals surface area contributed by atoms with Gasteiger partial charge in [-0.2, -0.15) is 13.8 Å². The smallest absolute Gasteiger partial charge is 0.223 e. The summed E-state index contributed by atoms with van der Waals surface area (Å²) in [5.41, 5.74) is 2.35. The average Bonchev–Trinajstić information content (AvgIpc) is 3.04. The highest BCUT2D eigenvalue weighted by atomic mass is 19.1. The molecule has 2 nitrogen and oxygen atoms in total. The second-order valence-corrected chi connectivity index (χ2v) is 7.15. The predicted molar refractivity (Wildman–Crippen MR) is 101 cm³/mol. The summed E-state index contributed by atoms with van der Waals surface area (Å²) in [4.78, 5) is 5.83. The molecule has 3 aromatic rings. The van der Waals surface area contributed by atoms with E-state index in [4.69, 9.17) is 0 Å². The zero-order valence-corrected chi connectivity index (χ0v) is 14.9. The molecule has 1 aliphatic rings. The predicted octanol–water partition coefficient (Wildman–Crippen LogP) is 5.21. The van der Waals surface area contributed by atoms with Gasteiger partial charge in [0, 0.05) is 18.2 Å². The molecule has 0 bridgehead atoms. The van der Waals surface area contributed by atoms with Gasteiger partial charge < -0.3 is 4.90 Å². The van der Waals surface area contributed by atoms with Crippen LogP contribution in [0.3, 0.4) is 0 Å². The van der Waals surface area contributed by atoms with Crippen molar-refractivity contribution in [2.24, 2.45) is 0 Å². The zero-order chi connectivity index (χ0) is 18.1. The normalized spacial score (nSPS) is 17.9. The minimum absolute atomic E-state index is 0.320. The molecule has 26 heavy (non-hydrogen) atoms. The highest BCUT2D eigenvalue weighted by Crippen LogP contribution is 2.27. The summed E-state index contributed by atoms with van der Waals surface area (Å²) in [6.07, 6.45) is 3.64. The summed E-state index contributed by atoms with van der Waals surface area (Å²) in [7, 11) is 0. The third kappa shape index (κ3) is 3.47. The molecule has 0 saturated carbocycles. The number of rotatable bonds is 4. The molecule has 4 rings (SSSR count). The Morgan fingerprint density at radius 2 is 1.85 bits per heavy atom. The first-order valence-electron chi connectivity index (χ1n) is 9.19. The summed E-state index contributed by atoms with van der Waals surface area (Å²) in [5.74, 6) is -1.58. The SMILES string of the molecule is C[C@@H]1CCCN1CCc1ccc2cc(-c3ccc(F)nc3F)ccc2c1. The number of halogens is 2. The first-order valence-corrected chi connectivity index (χ1v) is 9.19. The van der Waals surface area contributed by atoms with Gasteiger partial charge in [0.05, 0.1) is 0 Å². The Balaban J connectivity index is 1.56. The molecular formula is C22H22F2N2. The molecule has 0 spiro atoms. The van der Waals surface area contributed by atoms with Crippen molar-refractivity contribution in [3.8, 4) is 11.1 Å². The third-order valence-corrected chi connectivity index (χ3v) is 5.41. The molecular weight excluding hydrogens is 330 g/mol. The highest BCUT2D eigenvalue weighted by Gasteiger charge is 2.19. The fourth-order valence-electron chi connectivity index (χ4n) is 3.84. The molecule has 0 unspecified atom stereocenters. The monoisotopic (exact) mass is 352 g/mol. The van der Waals surface area contributed by atoms with Crippen LogP contribution >= 0.6 is 0 Å². The van der Waals surface area contributed by atoms with Gasteiger partial charge in [-0.25, -0.2) is 0 Å². The summed E-state index contributed by atoms with van der Waals surface area (Å²) in [6.45, 7) is 4.60. The van der Waals surface area contributed by atoms with Gasteiger partial charge in [-0.05, 0) is 72.8 Å². The highest BCUT2D eigenvalue weighted by molar-refractivity contribution is 5.87. The molecule has 0 N–H and O–H groups in total. The van der Waals surface area contributed by atoms with Gasteiger partial charge >= 0.3 is 0 Å². The van der Waals surface area contributed by atoms with Crippen LogP contribution in [0.2, 0.25) is 0 Å². The quantitative estimate of drug-likeness (QED) is 0.600. The van der Waals surface area contributed by atoms with Gasteiger partial charge in [0.2, 0.25) is 11.9 Å². The van der Waals surface area contributed by atoms with Crippen LogP contribution in [0.1, 0.15) is 25.3 Å². The van der Waals surface area contributed by atoms with Crippen LogP contribution in [-0.2, 0) is 6.42 Å². The van der Waals surface area contributed by atoms with Crippen LogP contribution in [0.5, 0.6) is 0 Å². The second kappa shape index (κ2) is 7.12. The summed E-state index contributed by atoms with van der Waals surface area (Å²) < 4.78 is 26.9. The van der Waals surface area contributed by atoms with E-state index in [0.717, 1.165) is 23.7 Å². The third-order valence-electron chi connectivity index (χ3n) is 5.41. The minimum Gasteiger partial charge on any atom is -0.300 e. The molecule has 1 fully saturated rings. The molecule has 1 atom stereocenters. The molecule has 1 aliphatic heterocycles. The van der Waals surface area contributed by atoms with Crippen LogP contribution < -0.4 is 0 Å². The van der Waals surface area contributed by atoms with E-state index in [9.17, 15) is 8.78 Å². The number of benzene rings is 2. The molecule has 1 saturated heterocycles. The maximum atomic E-state index is 13.9. The Morgan fingerprint density at radius 1 is 1.04 bits per heavy atom. The minimum atomic E-state index is -0.802. The van der Waals surface area contributed by atoms with Crippen molar-refractivity contribution < 1.29 is 8.78 Å². The summed E-state index contributed by atoms with van der Waals surface area (Å²) >= 11 is 0. The van der Waals surface area contributed by atoms with Crippen LogP contribution in [0, 0.1) is 11.9 Å². The Morgan fingerprint density at radius 3 is 2.62 bits per heavy atom. The summed E-state index contributed by atoms with van der Waals surface area (Å²) in [6, 6.07) is 15.5. The largest absolute Gasteiger partial charge is 0.300 e. The molecule has 2 aromatic carbocycles. The van der Waals surface area contributed by atoms with E-state index < -0.39 is 11.9 Å². The van der Waals surface area contributed by atoms with E-state index in [1.165, 1.54) is 37.1 Å². The van der Waals surface area contributed by atoms with E-state index in [0.29, 0.717) is 17.2 Å². The number of nitrogens with zero attached hydrogens (tertiary/aromatic N) is 2. The van der Waals surface area contributed by atoms with Crippen LogP contribution in [0.15, 0.2) is 48.5 Å². The van der Waals surface area contributed by atoms with Crippen molar-refractivity contribution in [1.29, 1.82) is 0 Å². The maximum absolute atomic E-state index is 13.9. The Labute approximate surface area is 152 Å². The van der Waals surface area contributed by atoms with E-state index in [1.54, 1.807) is 0 Å². The van der Waals surface area contributed by atoms with Gasteiger partial charge in [-0.15, -0.1) is 0 Å². The number of likely N-dealkylation sites (tertiary alicyclic amines) is 1. The first kappa shape index (κ1) is 17.1. The Kier molecular flexibility index (Phi) is 4.68. The zero-order valence-electron chi connectivity index (χ0n) is 14.9. The van der Waals surface area contributed by atoms with E-state index in [-0.39, 0.29) is 0 Å². The number of fused-ring (bicyclic) bond motifs is 1. The number of aromatic nitrogens is 1. The Bertz CT molecular complexity index is 939. The molecule has 134 valence electrons. The van der Waals surface area contributed by atoms with Crippen molar-refractivity contribution in [3.63, 3.8) is 0 Å². The average molecular weight is 352 g/mol. The number of hydrogen-bond donors (Lipinski definition) is 0. The lowest BCUT2D eigenvalue weighted by Crippen LogP contribution is -2.28. The van der Waals surface area contributed by atoms with E-state index in [1.807, 2.05) is 18.2 Å². The standard InChI is InChI=1S/C22H22F2N2/c1-15-3-2-11-26(15)12-10-16-4-5-18-14-19(7-6-17(18)13-16)20-8-9-21(23)25-22(20)24/h4-9,13-15H,2-3,10-12H2,1H3/t15-/m1/s1. The van der Waals surface area contributed by atoms with Crippen LogP contribution in [-0.4, -0.2) is 29.0 Å². The fourth-order valence-corrected chi connectivity index (χ4v) is 3.84. The lowest BCUT2D eigenvalue weighted by Gasteiger charge is -2.20. The topological polar surface area (TPSA) is 16.1 Å². The lowest BCUT2D eigenvalue weighted by atomic mass is 10.00. The molecule has 0 amide bonds. The van der Waals surface area contributed by atoms with E-state index in [2.05, 4.69) is 35.0 Å². The van der Waals surface area contributed by atoms with Gasteiger partial charge in [0.25, 0.3) is 0 Å². The molecule has 0 radical (unpaired) electrons. The second-order valence-electron chi connectivity index (χ2n) is 7.15. The van der Waals surface area contributed by atoms with Crippen molar-refractivity contribution >= 4 is 10.8 Å². The van der Waals surface area contributed by atoms with Gasteiger partial charge in [0.1, 0.15) is 0 Å².